The van der Waals surface area contributed by atoms with Crippen LogP contribution in [0.25, 0.3) is 0 Å². The third-order valence-electron chi connectivity index (χ3n) is 4.90. The standard InChI is InChI=1S/C18H28FNO/c1-4-13-6-8-14(9-7-13)18(20-5-2)15-10-11-17(21-3)16(19)12-15/h10-14,18,20H,4-9H2,1-3H3. The second-order valence-electron chi connectivity index (χ2n) is 6.12. The maximum absolute atomic E-state index is 14.0. The Morgan fingerprint density at radius 2 is 1.95 bits per heavy atom. The highest BCUT2D eigenvalue weighted by atomic mass is 19.1. The third-order valence-corrected chi connectivity index (χ3v) is 4.90. The predicted octanol–water partition coefficient (Wildman–Crippen LogP) is 4.70. The summed E-state index contributed by atoms with van der Waals surface area (Å²) in [5.74, 6) is 1.56. The van der Waals surface area contributed by atoms with Gasteiger partial charge in [0.25, 0.3) is 0 Å². The molecule has 1 atom stereocenters. The van der Waals surface area contributed by atoms with Gasteiger partial charge < -0.3 is 10.1 Å². The van der Waals surface area contributed by atoms with Gasteiger partial charge >= 0.3 is 0 Å². The summed E-state index contributed by atoms with van der Waals surface area (Å²) in [4.78, 5) is 0. The van der Waals surface area contributed by atoms with Crippen molar-refractivity contribution in [3.8, 4) is 5.75 Å². The lowest BCUT2D eigenvalue weighted by atomic mass is 9.76. The van der Waals surface area contributed by atoms with E-state index in [0.717, 1.165) is 18.0 Å². The molecule has 0 amide bonds. The van der Waals surface area contributed by atoms with Crippen molar-refractivity contribution in [1.82, 2.24) is 5.32 Å². The molecule has 1 unspecified atom stereocenters. The van der Waals surface area contributed by atoms with Gasteiger partial charge in [0.05, 0.1) is 7.11 Å². The van der Waals surface area contributed by atoms with Crippen molar-refractivity contribution in [2.45, 2.75) is 52.0 Å². The minimum Gasteiger partial charge on any atom is -0.494 e. The molecule has 1 aromatic rings. The Bertz CT molecular complexity index is 441. The molecule has 1 aliphatic carbocycles. The third kappa shape index (κ3) is 3.97. The average Bonchev–Trinajstić information content (AvgIpc) is 2.52. The average molecular weight is 293 g/mol. The summed E-state index contributed by atoms with van der Waals surface area (Å²) in [5.41, 5.74) is 1.05. The molecule has 2 nitrogen and oxygen atoms in total. The molecule has 0 bridgehead atoms. The number of ether oxygens (including phenoxy) is 1. The van der Waals surface area contributed by atoms with Crippen molar-refractivity contribution < 1.29 is 9.13 Å². The fraction of sp³-hybridized carbons (Fsp3) is 0.667. The van der Waals surface area contributed by atoms with Gasteiger partial charge in [-0.1, -0.05) is 39.2 Å². The highest BCUT2D eigenvalue weighted by molar-refractivity contribution is 5.31. The van der Waals surface area contributed by atoms with E-state index in [1.54, 1.807) is 12.1 Å². The number of methoxy groups -OCH3 is 1. The van der Waals surface area contributed by atoms with Gasteiger partial charge in [0, 0.05) is 6.04 Å². The molecule has 21 heavy (non-hydrogen) atoms. The highest BCUT2D eigenvalue weighted by Crippen LogP contribution is 2.38. The number of benzene rings is 1. The summed E-state index contributed by atoms with van der Waals surface area (Å²) in [6.45, 7) is 5.31. The maximum atomic E-state index is 14.0. The van der Waals surface area contributed by atoms with Gasteiger partial charge in [-0.15, -0.1) is 0 Å². The van der Waals surface area contributed by atoms with E-state index in [0.29, 0.717) is 11.7 Å². The molecule has 1 aromatic carbocycles. The van der Waals surface area contributed by atoms with Crippen LogP contribution in [0.2, 0.25) is 0 Å². The van der Waals surface area contributed by atoms with E-state index in [2.05, 4.69) is 19.2 Å². The number of hydrogen-bond acceptors (Lipinski definition) is 2. The van der Waals surface area contributed by atoms with Crippen LogP contribution in [0.15, 0.2) is 18.2 Å². The highest BCUT2D eigenvalue weighted by Gasteiger charge is 2.28. The molecule has 2 rings (SSSR count). The Morgan fingerprint density at radius 3 is 2.48 bits per heavy atom. The Labute approximate surface area is 128 Å². The quantitative estimate of drug-likeness (QED) is 0.820. The second-order valence-corrected chi connectivity index (χ2v) is 6.12. The van der Waals surface area contributed by atoms with Crippen LogP contribution < -0.4 is 10.1 Å². The molecule has 1 fully saturated rings. The van der Waals surface area contributed by atoms with E-state index in [1.807, 2.05) is 6.07 Å². The zero-order chi connectivity index (χ0) is 15.2. The van der Waals surface area contributed by atoms with Crippen LogP contribution in [0.1, 0.15) is 57.6 Å². The monoisotopic (exact) mass is 293 g/mol. The summed E-state index contributed by atoms with van der Waals surface area (Å²) >= 11 is 0. The smallest absolute Gasteiger partial charge is 0.165 e. The summed E-state index contributed by atoms with van der Waals surface area (Å²) in [6, 6.07) is 5.64. The molecular weight excluding hydrogens is 265 g/mol. The van der Waals surface area contributed by atoms with Crippen molar-refractivity contribution in [2.75, 3.05) is 13.7 Å². The number of nitrogens with one attached hydrogen (secondary N) is 1. The SMILES string of the molecule is CCNC(c1ccc(OC)c(F)c1)C1CCC(CC)CC1. The largest absolute Gasteiger partial charge is 0.494 e. The van der Waals surface area contributed by atoms with Gasteiger partial charge in [-0.05, 0) is 48.9 Å². The van der Waals surface area contributed by atoms with Crippen molar-refractivity contribution in [3.63, 3.8) is 0 Å². The summed E-state index contributed by atoms with van der Waals surface area (Å²) in [5, 5.41) is 3.56. The normalized spacial score (nSPS) is 23.8. The molecule has 0 heterocycles. The lowest BCUT2D eigenvalue weighted by Crippen LogP contribution is -2.31. The van der Waals surface area contributed by atoms with Gasteiger partial charge in [-0.25, -0.2) is 4.39 Å². The van der Waals surface area contributed by atoms with E-state index in [4.69, 9.17) is 4.74 Å². The molecule has 118 valence electrons. The van der Waals surface area contributed by atoms with Crippen molar-refractivity contribution >= 4 is 0 Å². The Morgan fingerprint density at radius 1 is 1.24 bits per heavy atom. The number of hydrogen-bond donors (Lipinski definition) is 1. The van der Waals surface area contributed by atoms with E-state index >= 15 is 0 Å². The molecule has 0 aliphatic heterocycles. The van der Waals surface area contributed by atoms with Crippen molar-refractivity contribution in [3.05, 3.63) is 29.6 Å². The van der Waals surface area contributed by atoms with Crippen LogP contribution >= 0.6 is 0 Å². The number of halogens is 1. The Hall–Kier alpha value is -1.09. The summed E-state index contributed by atoms with van der Waals surface area (Å²) in [7, 11) is 1.51. The zero-order valence-electron chi connectivity index (χ0n) is 13.5. The first kappa shape index (κ1) is 16.3. The van der Waals surface area contributed by atoms with Gasteiger partial charge in [0.15, 0.2) is 11.6 Å². The van der Waals surface area contributed by atoms with E-state index in [9.17, 15) is 4.39 Å². The van der Waals surface area contributed by atoms with Crippen LogP contribution in [0.4, 0.5) is 4.39 Å². The maximum Gasteiger partial charge on any atom is 0.165 e. The fourth-order valence-electron chi connectivity index (χ4n) is 3.58. The summed E-state index contributed by atoms with van der Waals surface area (Å²) < 4.78 is 19.0. The molecule has 1 aliphatic rings. The van der Waals surface area contributed by atoms with Gasteiger partial charge in [-0.2, -0.15) is 0 Å². The minimum atomic E-state index is -0.264. The topological polar surface area (TPSA) is 21.3 Å². The van der Waals surface area contributed by atoms with E-state index < -0.39 is 0 Å². The first-order valence-electron chi connectivity index (χ1n) is 8.26. The van der Waals surface area contributed by atoms with Crippen LogP contribution in [0.3, 0.4) is 0 Å². The molecule has 0 aromatic heterocycles. The van der Waals surface area contributed by atoms with Gasteiger partial charge in [-0.3, -0.25) is 0 Å². The lowest BCUT2D eigenvalue weighted by Gasteiger charge is -2.34. The van der Waals surface area contributed by atoms with Crippen molar-refractivity contribution in [2.24, 2.45) is 11.8 Å². The molecule has 3 heteroatoms. The first-order chi connectivity index (χ1) is 10.2. The lowest BCUT2D eigenvalue weighted by molar-refractivity contribution is 0.220. The Kier molecular flexibility index (Phi) is 6.04. The molecule has 1 saturated carbocycles. The minimum absolute atomic E-state index is 0.258. The van der Waals surface area contributed by atoms with E-state index in [-0.39, 0.29) is 11.9 Å². The molecular formula is C18H28FNO. The van der Waals surface area contributed by atoms with Gasteiger partial charge in [0.2, 0.25) is 0 Å². The molecule has 0 spiro atoms. The van der Waals surface area contributed by atoms with Crippen LogP contribution in [0, 0.1) is 17.7 Å². The second kappa shape index (κ2) is 7.79. The van der Waals surface area contributed by atoms with E-state index in [1.165, 1.54) is 39.2 Å². The predicted molar refractivity (Wildman–Crippen MR) is 85.1 cm³/mol. The summed E-state index contributed by atoms with van der Waals surface area (Å²) in [6.07, 6.45) is 6.38. The van der Waals surface area contributed by atoms with Gasteiger partial charge in [0.1, 0.15) is 0 Å². The first-order valence-corrected chi connectivity index (χ1v) is 8.26. The fourth-order valence-corrected chi connectivity index (χ4v) is 3.58. The number of rotatable bonds is 6. The molecule has 0 saturated heterocycles. The molecule has 1 N–H and O–H groups in total. The van der Waals surface area contributed by atoms with Crippen LogP contribution in [-0.4, -0.2) is 13.7 Å². The van der Waals surface area contributed by atoms with Crippen LogP contribution in [0.5, 0.6) is 5.75 Å². The Balaban J connectivity index is 2.13. The van der Waals surface area contributed by atoms with Crippen LogP contribution in [-0.2, 0) is 0 Å². The van der Waals surface area contributed by atoms with Crippen molar-refractivity contribution in [1.29, 1.82) is 0 Å². The molecule has 0 radical (unpaired) electrons. The zero-order valence-corrected chi connectivity index (χ0v) is 13.5.